The van der Waals surface area contributed by atoms with Crippen molar-refractivity contribution in [3.05, 3.63) is 83.1 Å². The Hall–Kier alpha value is -3.83. The minimum atomic E-state index is -4.40. The largest absolute Gasteiger partial charge is 0.493 e. The molecule has 0 heterocycles. The molecule has 0 saturated carbocycles. The van der Waals surface area contributed by atoms with Crippen molar-refractivity contribution in [2.45, 2.75) is 38.3 Å². The van der Waals surface area contributed by atoms with Crippen molar-refractivity contribution >= 4 is 39.1 Å². The molecule has 0 fully saturated rings. The third kappa shape index (κ3) is 7.92. The van der Waals surface area contributed by atoms with Crippen LogP contribution in [0.4, 0.5) is 10.1 Å². The van der Waals surface area contributed by atoms with Crippen LogP contribution in [0.1, 0.15) is 26.3 Å². The first-order chi connectivity index (χ1) is 19.9. The third-order valence-electron chi connectivity index (χ3n) is 6.49. The zero-order chi connectivity index (χ0) is 31.0. The number of halogens is 2. The molecule has 0 unspecified atom stereocenters. The maximum absolute atomic E-state index is 14.0. The van der Waals surface area contributed by atoms with Crippen LogP contribution in [0.2, 0.25) is 5.02 Å². The number of anilines is 1. The molecule has 0 aliphatic rings. The van der Waals surface area contributed by atoms with E-state index in [0.717, 1.165) is 16.4 Å². The van der Waals surface area contributed by atoms with Crippen LogP contribution in [0.15, 0.2) is 71.6 Å². The molecular formula is C30H35ClFN3O6S. The quantitative estimate of drug-likeness (QED) is 0.292. The second-order valence-corrected chi connectivity index (χ2v) is 12.2. The molecule has 3 rings (SSSR count). The standard InChI is InChI=1S/C30H35ClFN3O6S/c1-20(2)17-33-30(37)21(3)34(18-22-8-6-7-9-26(22)31)29(36)19-35(24-12-10-23(32)11-13-24)42(38,39)25-14-15-27(40-4)28(16-25)41-5/h6-16,20-21H,17-19H2,1-5H3,(H,33,37)/t21-/m1/s1. The molecule has 1 atom stereocenters. The van der Waals surface area contributed by atoms with E-state index in [9.17, 15) is 22.4 Å². The molecule has 3 aromatic carbocycles. The number of carbonyl (C=O) groups is 2. The number of benzene rings is 3. The fourth-order valence-electron chi connectivity index (χ4n) is 4.09. The van der Waals surface area contributed by atoms with Crippen LogP contribution in [-0.4, -0.2) is 58.5 Å². The molecule has 12 heteroatoms. The first-order valence-electron chi connectivity index (χ1n) is 13.2. The molecule has 9 nitrogen and oxygen atoms in total. The van der Waals surface area contributed by atoms with Crippen molar-refractivity contribution < 1.29 is 31.9 Å². The van der Waals surface area contributed by atoms with Crippen LogP contribution in [0.3, 0.4) is 0 Å². The number of methoxy groups -OCH3 is 2. The van der Waals surface area contributed by atoms with Crippen LogP contribution >= 0.6 is 11.6 Å². The van der Waals surface area contributed by atoms with Gasteiger partial charge in [-0.15, -0.1) is 0 Å². The van der Waals surface area contributed by atoms with Crippen LogP contribution in [-0.2, 0) is 26.2 Å². The maximum atomic E-state index is 14.0. The molecule has 0 radical (unpaired) electrons. The average molecular weight is 620 g/mol. The van der Waals surface area contributed by atoms with E-state index in [1.54, 1.807) is 31.2 Å². The summed E-state index contributed by atoms with van der Waals surface area (Å²) in [6, 6.07) is 14.7. The van der Waals surface area contributed by atoms with E-state index in [1.165, 1.54) is 49.5 Å². The summed E-state index contributed by atoms with van der Waals surface area (Å²) >= 11 is 6.38. The zero-order valence-electron chi connectivity index (χ0n) is 24.1. The van der Waals surface area contributed by atoms with Gasteiger partial charge >= 0.3 is 0 Å². The highest BCUT2D eigenvalue weighted by atomic mass is 35.5. The highest BCUT2D eigenvalue weighted by molar-refractivity contribution is 7.92. The van der Waals surface area contributed by atoms with Crippen molar-refractivity contribution in [2.75, 3.05) is 31.6 Å². The van der Waals surface area contributed by atoms with Gasteiger partial charge in [-0.3, -0.25) is 13.9 Å². The summed E-state index contributed by atoms with van der Waals surface area (Å²) in [5, 5.41) is 3.21. The lowest BCUT2D eigenvalue weighted by Crippen LogP contribution is -2.51. The molecule has 0 spiro atoms. The normalized spacial score (nSPS) is 12.0. The van der Waals surface area contributed by atoms with Gasteiger partial charge in [0.1, 0.15) is 18.4 Å². The molecule has 0 aromatic heterocycles. The van der Waals surface area contributed by atoms with Crippen molar-refractivity contribution in [3.63, 3.8) is 0 Å². The second kappa shape index (κ2) is 14.4. The molecular weight excluding hydrogens is 585 g/mol. The molecule has 3 aromatic rings. The number of sulfonamides is 1. The van der Waals surface area contributed by atoms with Gasteiger partial charge in [0.15, 0.2) is 11.5 Å². The number of hydrogen-bond acceptors (Lipinski definition) is 6. The van der Waals surface area contributed by atoms with Gasteiger partial charge in [0.25, 0.3) is 10.0 Å². The van der Waals surface area contributed by atoms with Crippen LogP contribution in [0.5, 0.6) is 11.5 Å². The second-order valence-electron chi connectivity index (χ2n) is 9.93. The van der Waals surface area contributed by atoms with Crippen LogP contribution in [0, 0.1) is 11.7 Å². The fourth-order valence-corrected chi connectivity index (χ4v) is 5.71. The van der Waals surface area contributed by atoms with Gasteiger partial charge in [0, 0.05) is 24.2 Å². The van der Waals surface area contributed by atoms with Gasteiger partial charge in [0.2, 0.25) is 11.8 Å². The Labute approximate surface area is 251 Å². The summed E-state index contributed by atoms with van der Waals surface area (Å²) < 4.78 is 53.2. The van der Waals surface area contributed by atoms with E-state index < -0.39 is 40.2 Å². The van der Waals surface area contributed by atoms with E-state index in [4.69, 9.17) is 21.1 Å². The lowest BCUT2D eigenvalue weighted by molar-refractivity contribution is -0.139. The Bertz CT molecular complexity index is 1500. The summed E-state index contributed by atoms with van der Waals surface area (Å²) in [4.78, 5) is 28.1. The van der Waals surface area contributed by atoms with Gasteiger partial charge in [-0.1, -0.05) is 43.6 Å². The summed E-state index contributed by atoms with van der Waals surface area (Å²) in [6.45, 7) is 5.10. The number of nitrogens with one attached hydrogen (secondary N) is 1. The van der Waals surface area contributed by atoms with Gasteiger partial charge in [-0.25, -0.2) is 12.8 Å². The van der Waals surface area contributed by atoms with E-state index in [0.29, 0.717) is 22.9 Å². The van der Waals surface area contributed by atoms with Gasteiger partial charge in [0.05, 0.1) is 24.8 Å². The number of nitrogens with zero attached hydrogens (tertiary/aromatic N) is 2. The van der Waals surface area contributed by atoms with Crippen LogP contribution < -0.4 is 19.1 Å². The van der Waals surface area contributed by atoms with Crippen molar-refractivity contribution in [3.8, 4) is 11.5 Å². The topological polar surface area (TPSA) is 105 Å². The lowest BCUT2D eigenvalue weighted by atomic mass is 10.1. The Morgan fingerprint density at radius 3 is 2.19 bits per heavy atom. The Morgan fingerprint density at radius 1 is 0.952 bits per heavy atom. The summed E-state index contributed by atoms with van der Waals surface area (Å²) in [6.07, 6.45) is 0. The van der Waals surface area contributed by atoms with Crippen molar-refractivity contribution in [2.24, 2.45) is 5.92 Å². The molecule has 1 N–H and O–H groups in total. The molecule has 226 valence electrons. The van der Waals surface area contributed by atoms with Gasteiger partial charge < -0.3 is 19.7 Å². The molecule has 42 heavy (non-hydrogen) atoms. The highest BCUT2D eigenvalue weighted by Gasteiger charge is 2.33. The number of amides is 2. The van der Waals surface area contributed by atoms with Gasteiger partial charge in [-0.2, -0.15) is 0 Å². The number of hydrogen-bond donors (Lipinski definition) is 1. The fraction of sp³-hybridized carbons (Fsp3) is 0.333. The van der Waals surface area contributed by atoms with Crippen LogP contribution in [0.25, 0.3) is 0 Å². The molecule has 0 aliphatic carbocycles. The first-order valence-corrected chi connectivity index (χ1v) is 15.0. The van der Waals surface area contributed by atoms with E-state index >= 15 is 0 Å². The predicted molar refractivity (Wildman–Crippen MR) is 160 cm³/mol. The minimum Gasteiger partial charge on any atom is -0.493 e. The monoisotopic (exact) mass is 619 g/mol. The predicted octanol–water partition coefficient (Wildman–Crippen LogP) is 4.88. The lowest BCUT2D eigenvalue weighted by Gasteiger charge is -2.32. The molecule has 0 saturated heterocycles. The van der Waals surface area contributed by atoms with E-state index in [2.05, 4.69) is 5.32 Å². The summed E-state index contributed by atoms with van der Waals surface area (Å²) in [5.74, 6) is -0.998. The van der Waals surface area contributed by atoms with Gasteiger partial charge in [-0.05, 0) is 60.9 Å². The SMILES string of the molecule is COc1ccc(S(=O)(=O)N(CC(=O)N(Cc2ccccc2Cl)[C@H](C)C(=O)NCC(C)C)c2ccc(F)cc2)cc1OC. The number of rotatable bonds is 13. The number of ether oxygens (including phenoxy) is 2. The molecule has 0 bridgehead atoms. The Kier molecular flexibility index (Phi) is 11.2. The first kappa shape index (κ1) is 32.7. The number of carbonyl (C=O) groups excluding carboxylic acids is 2. The zero-order valence-corrected chi connectivity index (χ0v) is 25.7. The average Bonchev–Trinajstić information content (AvgIpc) is 2.97. The van der Waals surface area contributed by atoms with E-state index in [1.807, 2.05) is 13.8 Å². The van der Waals surface area contributed by atoms with E-state index in [-0.39, 0.29) is 28.8 Å². The molecule has 0 aliphatic heterocycles. The summed E-state index contributed by atoms with van der Waals surface area (Å²) in [7, 11) is -1.61. The summed E-state index contributed by atoms with van der Waals surface area (Å²) in [5.41, 5.74) is 0.626. The van der Waals surface area contributed by atoms with Crippen molar-refractivity contribution in [1.29, 1.82) is 0 Å². The molecule has 2 amide bonds. The Morgan fingerprint density at radius 2 is 1.60 bits per heavy atom. The van der Waals surface area contributed by atoms with Crippen molar-refractivity contribution in [1.82, 2.24) is 10.2 Å². The smallest absolute Gasteiger partial charge is 0.264 e. The minimum absolute atomic E-state index is 0.0501. The maximum Gasteiger partial charge on any atom is 0.264 e. The Balaban J connectivity index is 2.06. The highest BCUT2D eigenvalue weighted by Crippen LogP contribution is 2.32. The third-order valence-corrected chi connectivity index (χ3v) is 8.63.